The van der Waals surface area contributed by atoms with Gasteiger partial charge >= 0.3 is 0 Å². The van der Waals surface area contributed by atoms with Crippen LogP contribution in [0.2, 0.25) is 0 Å². The molecule has 5 aliphatic rings. The fourth-order valence-electron chi connectivity index (χ4n) is 8.31. The van der Waals surface area contributed by atoms with Gasteiger partial charge in [0, 0.05) is 64.5 Å². The third-order valence-electron chi connectivity index (χ3n) is 10.1. The van der Waals surface area contributed by atoms with Gasteiger partial charge in [0.25, 0.3) is 0 Å². The van der Waals surface area contributed by atoms with Crippen LogP contribution in [0.15, 0.2) is 36.4 Å². The molecule has 1 saturated heterocycles. The molecular weight excluding hydrogens is 501 g/mol. The zero-order valence-corrected chi connectivity index (χ0v) is 22.6. The summed E-state index contributed by atoms with van der Waals surface area (Å²) < 4.78 is 44.6. The van der Waals surface area contributed by atoms with E-state index in [-0.39, 0.29) is 41.4 Å². The standard InChI is InChI=1S/C31H37F3N4O/c1-18-10-23-22-6-3-4-7-26(22)36-28(23)29(38(18)31-15-30(16-31,17-31)19(2)39)27-24(33)11-20(12-25(27)34)35-21-13-37(14-21)9-5-8-32/h3-4,6-7,11-12,18-19,21,29,35-36,39H,5,8-10,13-17H2,1-2H3/t18-,19+,29-,30?,31?/m0/s1. The molecule has 0 spiro atoms. The maximum Gasteiger partial charge on any atom is 0.133 e. The Labute approximate surface area is 227 Å². The van der Waals surface area contributed by atoms with E-state index in [1.807, 2.05) is 25.1 Å². The number of halogens is 3. The number of aliphatic hydroxyl groups is 1. The van der Waals surface area contributed by atoms with E-state index >= 15 is 8.78 Å². The molecule has 0 radical (unpaired) electrons. The van der Waals surface area contributed by atoms with E-state index in [4.69, 9.17) is 0 Å². The SMILES string of the molecule is C[C@H]1Cc2c([nH]c3ccccc23)[C@H](c2c(F)cc(NC3CN(CCCF)C3)cc2F)N1C12CC([C@@H](C)O)(C1)C2. The van der Waals surface area contributed by atoms with Gasteiger partial charge in [-0.2, -0.15) is 0 Å². The zero-order chi connectivity index (χ0) is 27.1. The number of para-hydroxylation sites is 1. The second kappa shape index (κ2) is 8.98. The number of anilines is 1. The molecule has 3 aromatic rings. The summed E-state index contributed by atoms with van der Waals surface area (Å²) in [4.78, 5) is 8.05. The minimum atomic E-state index is -0.572. The van der Waals surface area contributed by atoms with Crippen molar-refractivity contribution in [1.82, 2.24) is 14.8 Å². The molecule has 2 aromatic carbocycles. The number of alkyl halides is 1. The number of fused-ring (bicyclic) bond motifs is 3. The monoisotopic (exact) mass is 538 g/mol. The molecule has 5 nitrogen and oxygen atoms in total. The van der Waals surface area contributed by atoms with Gasteiger partial charge in [0.2, 0.25) is 0 Å². The summed E-state index contributed by atoms with van der Waals surface area (Å²) in [5.41, 5.74) is 3.33. The Bertz CT molecular complexity index is 1370. The number of aromatic amines is 1. The van der Waals surface area contributed by atoms with E-state index in [0.29, 0.717) is 18.7 Å². The van der Waals surface area contributed by atoms with E-state index in [2.05, 4.69) is 33.1 Å². The Morgan fingerprint density at radius 2 is 1.82 bits per heavy atom. The molecule has 39 heavy (non-hydrogen) atoms. The number of benzene rings is 2. The lowest BCUT2D eigenvalue weighted by Crippen LogP contribution is -2.79. The Hall–Kier alpha value is -2.55. The second-order valence-corrected chi connectivity index (χ2v) is 12.7. The van der Waals surface area contributed by atoms with Crippen LogP contribution >= 0.6 is 0 Å². The summed E-state index contributed by atoms with van der Waals surface area (Å²) >= 11 is 0. The van der Waals surface area contributed by atoms with Crippen LogP contribution in [0, 0.1) is 17.0 Å². The quantitative estimate of drug-likeness (QED) is 0.353. The molecule has 2 aliphatic heterocycles. The van der Waals surface area contributed by atoms with Gasteiger partial charge < -0.3 is 15.4 Å². The molecule has 3 aliphatic carbocycles. The lowest BCUT2D eigenvalue weighted by Gasteiger charge is -2.77. The topological polar surface area (TPSA) is 54.5 Å². The van der Waals surface area contributed by atoms with Crippen LogP contribution in [0.4, 0.5) is 18.9 Å². The average Bonchev–Trinajstić information content (AvgIpc) is 3.17. The molecule has 8 rings (SSSR count). The van der Waals surface area contributed by atoms with Crippen LogP contribution in [0.3, 0.4) is 0 Å². The van der Waals surface area contributed by atoms with Gasteiger partial charge in [0.1, 0.15) is 11.6 Å². The number of H-pyrrole nitrogens is 1. The van der Waals surface area contributed by atoms with Crippen molar-refractivity contribution in [3.05, 3.63) is 64.9 Å². The molecule has 0 amide bonds. The highest BCUT2D eigenvalue weighted by molar-refractivity contribution is 5.85. The summed E-state index contributed by atoms with van der Waals surface area (Å²) in [5, 5.41) is 14.8. The maximum atomic E-state index is 16.1. The number of likely N-dealkylation sites (tertiary alicyclic amines) is 1. The number of hydrogen-bond donors (Lipinski definition) is 3. The molecule has 4 fully saturated rings. The van der Waals surface area contributed by atoms with Gasteiger partial charge in [-0.05, 0) is 69.7 Å². The van der Waals surface area contributed by atoms with Crippen molar-refractivity contribution in [3.8, 4) is 0 Å². The van der Waals surface area contributed by atoms with Crippen molar-refractivity contribution >= 4 is 16.6 Å². The summed E-state index contributed by atoms with van der Waals surface area (Å²) in [6.45, 7) is 5.89. The molecule has 2 bridgehead atoms. The molecule has 0 unspecified atom stereocenters. The predicted molar refractivity (Wildman–Crippen MR) is 147 cm³/mol. The van der Waals surface area contributed by atoms with E-state index in [1.54, 1.807) is 0 Å². The largest absolute Gasteiger partial charge is 0.393 e. The highest BCUT2D eigenvalue weighted by Crippen LogP contribution is 2.73. The van der Waals surface area contributed by atoms with Gasteiger partial charge in [-0.3, -0.25) is 14.2 Å². The number of aliphatic hydroxyl groups excluding tert-OH is 1. The number of nitrogens with zero attached hydrogens (tertiary/aromatic N) is 2. The highest BCUT2D eigenvalue weighted by atomic mass is 19.1. The normalized spacial score (nSPS) is 31.3. The first-order valence-corrected chi connectivity index (χ1v) is 14.3. The Kier molecular flexibility index (Phi) is 5.85. The van der Waals surface area contributed by atoms with E-state index < -0.39 is 17.7 Å². The molecule has 1 aromatic heterocycles. The van der Waals surface area contributed by atoms with Crippen molar-refractivity contribution in [3.63, 3.8) is 0 Å². The minimum absolute atomic E-state index is 0.0588. The van der Waals surface area contributed by atoms with E-state index in [0.717, 1.165) is 60.9 Å². The third-order valence-corrected chi connectivity index (χ3v) is 10.1. The first-order valence-electron chi connectivity index (χ1n) is 14.3. The molecular formula is C31H37F3N4O. The van der Waals surface area contributed by atoms with Crippen LogP contribution in [-0.4, -0.2) is 69.9 Å². The van der Waals surface area contributed by atoms with Gasteiger partial charge in [-0.1, -0.05) is 18.2 Å². The van der Waals surface area contributed by atoms with Gasteiger partial charge in [0.15, 0.2) is 0 Å². The summed E-state index contributed by atoms with van der Waals surface area (Å²) in [6, 6.07) is 10.6. The second-order valence-electron chi connectivity index (χ2n) is 12.7. The molecule has 8 heteroatoms. The van der Waals surface area contributed by atoms with Gasteiger partial charge in [0.05, 0.1) is 24.9 Å². The first kappa shape index (κ1) is 25.4. The zero-order valence-electron chi connectivity index (χ0n) is 22.6. The van der Waals surface area contributed by atoms with Crippen LogP contribution in [-0.2, 0) is 6.42 Å². The smallest absolute Gasteiger partial charge is 0.133 e. The molecule has 3 atom stereocenters. The van der Waals surface area contributed by atoms with E-state index in [9.17, 15) is 9.50 Å². The molecule has 3 heterocycles. The van der Waals surface area contributed by atoms with Crippen molar-refractivity contribution in [1.29, 1.82) is 0 Å². The summed E-state index contributed by atoms with van der Waals surface area (Å²) in [6.07, 6.45) is 3.52. The highest BCUT2D eigenvalue weighted by Gasteiger charge is 2.73. The van der Waals surface area contributed by atoms with Gasteiger partial charge in [-0.15, -0.1) is 0 Å². The summed E-state index contributed by atoms with van der Waals surface area (Å²) in [7, 11) is 0. The number of rotatable bonds is 8. The molecule has 3 saturated carbocycles. The maximum absolute atomic E-state index is 16.1. The van der Waals surface area contributed by atoms with Crippen LogP contribution in [0.5, 0.6) is 0 Å². The van der Waals surface area contributed by atoms with Crippen LogP contribution in [0.1, 0.15) is 62.4 Å². The fourth-order valence-corrected chi connectivity index (χ4v) is 8.31. The molecule has 3 N–H and O–H groups in total. The average molecular weight is 539 g/mol. The van der Waals surface area contributed by atoms with Crippen LogP contribution in [0.25, 0.3) is 10.9 Å². The van der Waals surface area contributed by atoms with Crippen molar-refractivity contribution in [2.24, 2.45) is 5.41 Å². The predicted octanol–water partition coefficient (Wildman–Crippen LogP) is 5.54. The van der Waals surface area contributed by atoms with Crippen molar-refractivity contribution in [2.75, 3.05) is 31.6 Å². The minimum Gasteiger partial charge on any atom is -0.393 e. The lowest BCUT2D eigenvalue weighted by atomic mass is 9.36. The molecule has 208 valence electrons. The van der Waals surface area contributed by atoms with Crippen molar-refractivity contribution < 1.29 is 18.3 Å². The van der Waals surface area contributed by atoms with E-state index in [1.165, 1.54) is 12.1 Å². The Morgan fingerprint density at radius 3 is 2.49 bits per heavy atom. The fraction of sp³-hybridized carbons (Fsp3) is 0.548. The number of aromatic nitrogens is 1. The third kappa shape index (κ3) is 3.78. The van der Waals surface area contributed by atoms with Gasteiger partial charge in [-0.25, -0.2) is 8.78 Å². The number of nitrogens with one attached hydrogen (secondary N) is 2. The van der Waals surface area contributed by atoms with Crippen molar-refractivity contribution in [2.45, 2.75) is 75.7 Å². The van der Waals surface area contributed by atoms with Crippen LogP contribution < -0.4 is 5.32 Å². The summed E-state index contributed by atoms with van der Waals surface area (Å²) in [5.74, 6) is -1.09. The lowest BCUT2D eigenvalue weighted by molar-refractivity contribution is -0.275. The first-order chi connectivity index (χ1) is 18.7. The number of hydrogen-bond acceptors (Lipinski definition) is 4. The Balaban J connectivity index is 1.24. The Morgan fingerprint density at radius 1 is 1.13 bits per heavy atom.